The fourth-order valence-corrected chi connectivity index (χ4v) is 9.20. The largest absolute Gasteiger partial charge is 0.495 e. The van der Waals surface area contributed by atoms with Crippen molar-refractivity contribution in [2.75, 3.05) is 0 Å². The molecule has 58 heavy (non-hydrogen) atoms. The predicted molar refractivity (Wildman–Crippen MR) is 243 cm³/mol. The van der Waals surface area contributed by atoms with Gasteiger partial charge in [0.25, 0.3) is 0 Å². The third kappa shape index (κ3) is 5.29. The van der Waals surface area contributed by atoms with Gasteiger partial charge in [-0.2, -0.15) is 0 Å². The van der Waals surface area contributed by atoms with Gasteiger partial charge in [-0.15, -0.1) is 0 Å². The molecule has 3 nitrogen and oxygen atoms in total. The average Bonchev–Trinajstić information content (AvgIpc) is 3.66. The quantitative estimate of drug-likeness (QED) is 0.164. The molecule has 0 spiro atoms. The lowest BCUT2D eigenvalue weighted by Gasteiger charge is -2.32. The molecule has 4 heteroatoms. The monoisotopic (exact) mass is 747 g/mol. The predicted octanol–water partition coefficient (Wildman–Crippen LogP) is 13.4. The Kier molecular flexibility index (Phi) is 7.82. The summed E-state index contributed by atoms with van der Waals surface area (Å²) in [5.41, 5.74) is 17.7. The van der Waals surface area contributed by atoms with Crippen molar-refractivity contribution in [3.63, 3.8) is 0 Å². The van der Waals surface area contributed by atoms with Crippen molar-refractivity contribution in [2.45, 2.75) is 38.9 Å². The minimum Gasteiger partial charge on any atom is -0.399 e. The van der Waals surface area contributed by atoms with E-state index in [2.05, 4.69) is 214 Å². The minimum atomic E-state index is -0.566. The fourth-order valence-electron chi connectivity index (χ4n) is 9.20. The van der Waals surface area contributed by atoms with Crippen LogP contribution < -0.4 is 5.46 Å². The first kappa shape index (κ1) is 34.8. The van der Waals surface area contributed by atoms with E-state index >= 15 is 0 Å². The van der Waals surface area contributed by atoms with Crippen molar-refractivity contribution in [3.05, 3.63) is 182 Å². The van der Waals surface area contributed by atoms with Crippen molar-refractivity contribution in [1.82, 2.24) is 4.57 Å². The van der Waals surface area contributed by atoms with Gasteiger partial charge in [0.15, 0.2) is 0 Å². The second kappa shape index (κ2) is 13.0. The zero-order valence-corrected chi connectivity index (χ0v) is 33.2. The number of benzene rings is 8. The van der Waals surface area contributed by atoms with Gasteiger partial charge in [-0.25, -0.2) is 0 Å². The molecule has 3 heterocycles. The maximum atomic E-state index is 6.93. The maximum absolute atomic E-state index is 6.93. The van der Waals surface area contributed by atoms with Crippen LogP contribution >= 0.6 is 0 Å². The number of nitrogens with zero attached hydrogens (tertiary/aromatic N) is 1. The number of rotatable bonds is 5. The molecule has 9 aromatic rings. The van der Waals surface area contributed by atoms with E-state index in [0.717, 1.165) is 39.0 Å². The highest BCUT2D eigenvalue weighted by molar-refractivity contribution is 6.64. The van der Waals surface area contributed by atoms with Gasteiger partial charge >= 0.3 is 7.12 Å². The maximum Gasteiger partial charge on any atom is 0.495 e. The number of hydrogen-bond donors (Lipinski definition) is 0. The SMILES string of the molecule is CC1(C)OB(c2ccc(-c3ccc(-c4ccccc4)cc3)c3c2-c2ccccc2-n2c4ccccc4c4ccc(-c5ccc(-c6ccccc6)cc5)c-3c42)OC1(C)C. The van der Waals surface area contributed by atoms with Crippen molar-refractivity contribution in [1.29, 1.82) is 0 Å². The molecule has 1 fully saturated rings. The number of aromatic nitrogens is 1. The summed E-state index contributed by atoms with van der Waals surface area (Å²) in [6, 6.07) is 66.4. The van der Waals surface area contributed by atoms with Crippen LogP contribution in [0.4, 0.5) is 0 Å². The van der Waals surface area contributed by atoms with Gasteiger partial charge in [-0.3, -0.25) is 0 Å². The Balaban J connectivity index is 1.26. The van der Waals surface area contributed by atoms with Gasteiger partial charge in [0.05, 0.1) is 27.9 Å². The van der Waals surface area contributed by atoms with Crippen LogP contribution in [-0.4, -0.2) is 22.9 Å². The van der Waals surface area contributed by atoms with E-state index < -0.39 is 18.3 Å². The smallest absolute Gasteiger partial charge is 0.399 e. The summed E-state index contributed by atoms with van der Waals surface area (Å²) in [4.78, 5) is 0. The molecular weight excluding hydrogens is 705 g/mol. The first-order valence-corrected chi connectivity index (χ1v) is 20.3. The van der Waals surface area contributed by atoms with Crippen LogP contribution in [0.2, 0.25) is 0 Å². The minimum absolute atomic E-state index is 0.506. The molecule has 11 rings (SSSR count). The van der Waals surface area contributed by atoms with Gasteiger partial charge < -0.3 is 13.9 Å². The Bertz CT molecular complexity index is 3020. The normalized spacial score (nSPS) is 15.0. The number of fused-ring (bicyclic) bond motifs is 8. The van der Waals surface area contributed by atoms with Gasteiger partial charge in [-0.1, -0.05) is 170 Å². The highest BCUT2D eigenvalue weighted by atomic mass is 16.7. The second-order valence-electron chi connectivity index (χ2n) is 16.7. The molecule has 0 aliphatic carbocycles. The van der Waals surface area contributed by atoms with Crippen LogP contribution in [0, 0.1) is 0 Å². The van der Waals surface area contributed by atoms with Crippen LogP contribution in [0.25, 0.3) is 94.3 Å². The van der Waals surface area contributed by atoms with E-state index in [0.29, 0.717) is 0 Å². The molecule has 0 unspecified atom stereocenters. The van der Waals surface area contributed by atoms with E-state index in [1.165, 1.54) is 60.8 Å². The highest BCUT2D eigenvalue weighted by Crippen LogP contribution is 2.53. The zero-order valence-electron chi connectivity index (χ0n) is 33.2. The summed E-state index contributed by atoms with van der Waals surface area (Å²) in [6.45, 7) is 8.55. The summed E-state index contributed by atoms with van der Waals surface area (Å²) in [5, 5.41) is 2.46. The zero-order chi connectivity index (χ0) is 39.2. The summed E-state index contributed by atoms with van der Waals surface area (Å²) in [5.74, 6) is 0. The number of para-hydroxylation sites is 2. The van der Waals surface area contributed by atoms with E-state index in [-0.39, 0.29) is 0 Å². The lowest BCUT2D eigenvalue weighted by molar-refractivity contribution is 0.00578. The van der Waals surface area contributed by atoms with Crippen LogP contribution in [0.15, 0.2) is 182 Å². The Hall–Kier alpha value is -6.46. The topological polar surface area (TPSA) is 23.4 Å². The van der Waals surface area contributed by atoms with Crippen molar-refractivity contribution in [3.8, 4) is 72.4 Å². The molecule has 0 bridgehead atoms. The van der Waals surface area contributed by atoms with Gasteiger partial charge in [0.2, 0.25) is 0 Å². The standard InChI is InChI=1S/C54H42BNO2/c1-53(2)54(3,4)58-55(57-53)46-34-33-41(39-27-23-37(24-28-39)35-15-7-5-8-16-35)50-49(46)45-20-12-14-22-48(45)56-47-21-13-11-19-43(47)44-32-31-42(51(50)52(44)56)40-29-25-38(26-30-40)36-17-9-6-10-18-36/h5-34H,1-4H3. The van der Waals surface area contributed by atoms with Crippen molar-refractivity contribution < 1.29 is 9.31 Å². The Morgan fingerprint density at radius 3 is 1.48 bits per heavy atom. The molecule has 0 saturated carbocycles. The molecule has 278 valence electrons. The average molecular weight is 748 g/mol. The third-order valence-corrected chi connectivity index (χ3v) is 12.9. The lowest BCUT2D eigenvalue weighted by Crippen LogP contribution is -2.41. The molecule has 0 N–H and O–H groups in total. The Morgan fingerprint density at radius 1 is 0.379 bits per heavy atom. The fraction of sp³-hybridized carbons (Fsp3) is 0.111. The highest BCUT2D eigenvalue weighted by Gasteiger charge is 2.53. The summed E-state index contributed by atoms with van der Waals surface area (Å²) in [7, 11) is -0.566. The summed E-state index contributed by atoms with van der Waals surface area (Å²) < 4.78 is 16.4. The molecule has 0 radical (unpaired) electrons. The van der Waals surface area contributed by atoms with Crippen LogP contribution in [-0.2, 0) is 9.31 Å². The third-order valence-electron chi connectivity index (χ3n) is 12.9. The van der Waals surface area contributed by atoms with E-state index in [1.54, 1.807) is 0 Å². The second-order valence-corrected chi connectivity index (χ2v) is 16.7. The van der Waals surface area contributed by atoms with E-state index in [4.69, 9.17) is 9.31 Å². The van der Waals surface area contributed by atoms with Gasteiger partial charge in [0.1, 0.15) is 0 Å². The van der Waals surface area contributed by atoms with Gasteiger partial charge in [-0.05, 0) is 101 Å². The Labute approximate surface area is 340 Å². The van der Waals surface area contributed by atoms with Gasteiger partial charge in [0, 0.05) is 21.9 Å². The summed E-state index contributed by atoms with van der Waals surface area (Å²) >= 11 is 0. The van der Waals surface area contributed by atoms with E-state index in [1.807, 2.05) is 0 Å². The van der Waals surface area contributed by atoms with Crippen LogP contribution in [0.1, 0.15) is 27.7 Å². The summed E-state index contributed by atoms with van der Waals surface area (Å²) in [6.07, 6.45) is 0. The molecular formula is C54H42BNO2. The Morgan fingerprint density at radius 2 is 0.862 bits per heavy atom. The molecule has 2 aliphatic rings. The molecule has 2 aliphatic heterocycles. The van der Waals surface area contributed by atoms with E-state index in [9.17, 15) is 0 Å². The molecule has 8 aromatic carbocycles. The van der Waals surface area contributed by atoms with Crippen LogP contribution in [0.5, 0.6) is 0 Å². The molecule has 1 saturated heterocycles. The molecule has 1 aromatic heterocycles. The van der Waals surface area contributed by atoms with Crippen LogP contribution in [0.3, 0.4) is 0 Å². The molecule has 0 amide bonds. The molecule has 0 atom stereocenters. The number of hydrogen-bond acceptors (Lipinski definition) is 2. The van der Waals surface area contributed by atoms with Crippen molar-refractivity contribution in [2.24, 2.45) is 0 Å². The first-order chi connectivity index (χ1) is 28.3. The lowest BCUT2D eigenvalue weighted by atomic mass is 9.70. The van der Waals surface area contributed by atoms with Crippen molar-refractivity contribution >= 4 is 34.4 Å². The first-order valence-electron chi connectivity index (χ1n) is 20.3.